The number of pyridine rings is 2. The maximum atomic E-state index is 12.1. The number of aromatic nitrogens is 2. The normalized spacial score (nSPS) is 13.2. The number of nitrogens with zero attached hydrogens (tertiary/aromatic N) is 2. The number of hydrogen-bond acceptors (Lipinski definition) is 7. The Bertz CT molecular complexity index is 1330. The van der Waals surface area contributed by atoms with Gasteiger partial charge in [-0.3, -0.25) is 14.8 Å². The Morgan fingerprint density at radius 2 is 2.00 bits per heavy atom. The molecule has 0 atom stereocenters. The van der Waals surface area contributed by atoms with Crippen molar-refractivity contribution in [2.75, 3.05) is 25.6 Å². The zero-order chi connectivity index (χ0) is 24.2. The maximum absolute atomic E-state index is 12.1. The first-order valence-corrected chi connectivity index (χ1v) is 12.6. The molecule has 180 valence electrons. The Labute approximate surface area is 208 Å². The molecule has 0 aliphatic heterocycles. The molecule has 3 aromatic heterocycles. The number of anilines is 1. The van der Waals surface area contributed by atoms with Gasteiger partial charge in [0.1, 0.15) is 11.5 Å². The van der Waals surface area contributed by atoms with E-state index in [-0.39, 0.29) is 11.8 Å². The fraction of sp³-hybridized carbons (Fsp3) is 0.296. The lowest BCUT2D eigenvalue weighted by atomic mass is 10.2. The summed E-state index contributed by atoms with van der Waals surface area (Å²) >= 11 is 1.61. The Morgan fingerprint density at radius 1 is 1.11 bits per heavy atom. The van der Waals surface area contributed by atoms with Gasteiger partial charge in [-0.25, -0.2) is 0 Å². The van der Waals surface area contributed by atoms with E-state index in [4.69, 9.17) is 9.47 Å². The van der Waals surface area contributed by atoms with Crippen molar-refractivity contribution >= 4 is 33.1 Å². The number of rotatable bonds is 10. The standard InChI is InChI=1S/C27H28N4O3S/c1-17-13-20(31-27(32)19-4-5-19)6-8-23(17)34-24-9-10-29-22-14-25(35-26(22)24)21-7-3-18(16-30-21)15-28-11-12-33-2/h3,6-10,13-14,16,19,28H,4-5,11-12,15H2,1-2H3,(H,31,32). The number of methoxy groups -OCH3 is 1. The van der Waals surface area contributed by atoms with Gasteiger partial charge in [0.05, 0.1) is 27.4 Å². The van der Waals surface area contributed by atoms with E-state index in [1.54, 1.807) is 24.6 Å². The van der Waals surface area contributed by atoms with Crippen LogP contribution in [0.25, 0.3) is 20.8 Å². The Morgan fingerprint density at radius 3 is 2.74 bits per heavy atom. The van der Waals surface area contributed by atoms with Crippen LogP contribution >= 0.6 is 11.3 Å². The first kappa shape index (κ1) is 23.4. The molecule has 0 saturated heterocycles. The van der Waals surface area contributed by atoms with Crippen LogP contribution < -0.4 is 15.4 Å². The Kier molecular flexibility index (Phi) is 7.03. The summed E-state index contributed by atoms with van der Waals surface area (Å²) in [5.74, 6) is 1.78. The third-order valence-electron chi connectivity index (χ3n) is 5.88. The summed E-state index contributed by atoms with van der Waals surface area (Å²) in [6.45, 7) is 4.23. The van der Waals surface area contributed by atoms with E-state index in [0.717, 1.165) is 75.0 Å². The minimum Gasteiger partial charge on any atom is -0.455 e. The summed E-state index contributed by atoms with van der Waals surface area (Å²) in [7, 11) is 1.70. The summed E-state index contributed by atoms with van der Waals surface area (Å²) in [5, 5.41) is 6.32. The lowest BCUT2D eigenvalue weighted by Crippen LogP contribution is -2.18. The van der Waals surface area contributed by atoms with Crippen molar-refractivity contribution in [3.05, 3.63) is 66.0 Å². The number of carbonyl (C=O) groups is 1. The smallest absolute Gasteiger partial charge is 0.227 e. The number of carbonyl (C=O) groups excluding carboxylic acids is 1. The number of nitrogens with one attached hydrogen (secondary N) is 2. The largest absolute Gasteiger partial charge is 0.455 e. The molecule has 7 nitrogen and oxygen atoms in total. The number of thiophene rings is 1. The van der Waals surface area contributed by atoms with Crippen molar-refractivity contribution in [2.45, 2.75) is 26.3 Å². The fourth-order valence-corrected chi connectivity index (χ4v) is 4.80. The number of aryl methyl sites for hydroxylation is 1. The van der Waals surface area contributed by atoms with Crippen LogP contribution in [-0.2, 0) is 16.1 Å². The number of fused-ring (bicyclic) bond motifs is 1. The molecule has 4 aromatic rings. The predicted octanol–water partition coefficient (Wildman–Crippen LogP) is 5.54. The van der Waals surface area contributed by atoms with Crippen LogP contribution in [-0.4, -0.2) is 36.1 Å². The quantitative estimate of drug-likeness (QED) is 0.285. The van der Waals surface area contributed by atoms with E-state index in [1.165, 1.54) is 0 Å². The monoisotopic (exact) mass is 488 g/mol. The van der Waals surface area contributed by atoms with Gasteiger partial charge < -0.3 is 20.1 Å². The number of benzene rings is 1. The third kappa shape index (κ3) is 5.67. The molecule has 2 N–H and O–H groups in total. The van der Waals surface area contributed by atoms with Crippen molar-refractivity contribution in [2.24, 2.45) is 5.92 Å². The molecule has 1 fully saturated rings. The van der Waals surface area contributed by atoms with Gasteiger partial charge in [0.2, 0.25) is 5.91 Å². The lowest BCUT2D eigenvalue weighted by molar-refractivity contribution is -0.117. The van der Waals surface area contributed by atoms with Crippen LogP contribution in [0.2, 0.25) is 0 Å². The van der Waals surface area contributed by atoms with Gasteiger partial charge in [-0.1, -0.05) is 6.07 Å². The summed E-state index contributed by atoms with van der Waals surface area (Å²) in [4.78, 5) is 22.3. The van der Waals surface area contributed by atoms with Crippen molar-refractivity contribution < 1.29 is 14.3 Å². The van der Waals surface area contributed by atoms with Crippen molar-refractivity contribution in [1.29, 1.82) is 0 Å². The van der Waals surface area contributed by atoms with Gasteiger partial charge in [-0.2, -0.15) is 0 Å². The number of amides is 1. The highest BCUT2D eigenvalue weighted by Gasteiger charge is 2.29. The second kappa shape index (κ2) is 10.5. The van der Waals surface area contributed by atoms with E-state index in [0.29, 0.717) is 6.61 Å². The van der Waals surface area contributed by atoms with Crippen LogP contribution in [0.1, 0.15) is 24.0 Å². The van der Waals surface area contributed by atoms with Crippen molar-refractivity contribution in [1.82, 2.24) is 15.3 Å². The Hall–Kier alpha value is -3.33. The van der Waals surface area contributed by atoms with Crippen LogP contribution in [0.15, 0.2) is 54.9 Å². The van der Waals surface area contributed by atoms with Gasteiger partial charge in [0.15, 0.2) is 0 Å². The highest BCUT2D eigenvalue weighted by Crippen LogP contribution is 2.39. The molecule has 5 rings (SSSR count). The van der Waals surface area contributed by atoms with E-state index in [2.05, 4.69) is 32.7 Å². The highest BCUT2D eigenvalue weighted by atomic mass is 32.1. The SMILES string of the molecule is COCCNCc1ccc(-c2cc3nccc(Oc4ccc(NC(=O)C5CC5)cc4C)c3s2)nc1. The molecule has 8 heteroatoms. The second-order valence-corrected chi connectivity index (χ2v) is 9.75. The van der Waals surface area contributed by atoms with Crippen LogP contribution in [0.5, 0.6) is 11.5 Å². The maximum Gasteiger partial charge on any atom is 0.227 e. The predicted molar refractivity (Wildman–Crippen MR) is 139 cm³/mol. The summed E-state index contributed by atoms with van der Waals surface area (Å²) in [6, 6.07) is 13.8. The molecule has 1 aliphatic carbocycles. The van der Waals surface area contributed by atoms with E-state index < -0.39 is 0 Å². The summed E-state index contributed by atoms with van der Waals surface area (Å²) in [5.41, 5.74) is 4.66. The fourth-order valence-electron chi connectivity index (χ4n) is 3.75. The molecular formula is C27H28N4O3S. The third-order valence-corrected chi connectivity index (χ3v) is 7.04. The highest BCUT2D eigenvalue weighted by molar-refractivity contribution is 7.22. The first-order chi connectivity index (χ1) is 17.1. The lowest BCUT2D eigenvalue weighted by Gasteiger charge is -2.11. The molecule has 0 radical (unpaired) electrons. The second-order valence-electron chi connectivity index (χ2n) is 8.70. The minimum atomic E-state index is 0.101. The van der Waals surface area contributed by atoms with Gasteiger partial charge in [-0.15, -0.1) is 11.3 Å². The number of ether oxygens (including phenoxy) is 2. The molecule has 1 aliphatic rings. The summed E-state index contributed by atoms with van der Waals surface area (Å²) < 4.78 is 12.3. The number of hydrogen-bond donors (Lipinski definition) is 2. The zero-order valence-electron chi connectivity index (χ0n) is 19.8. The summed E-state index contributed by atoms with van der Waals surface area (Å²) in [6.07, 6.45) is 5.63. The molecule has 1 amide bonds. The Balaban J connectivity index is 1.31. The van der Waals surface area contributed by atoms with Crippen LogP contribution in [0.4, 0.5) is 5.69 Å². The van der Waals surface area contributed by atoms with Gasteiger partial charge in [0.25, 0.3) is 0 Å². The van der Waals surface area contributed by atoms with Crippen molar-refractivity contribution in [3.8, 4) is 22.1 Å². The molecule has 0 bridgehead atoms. The van der Waals surface area contributed by atoms with E-state index >= 15 is 0 Å². The van der Waals surface area contributed by atoms with Gasteiger partial charge in [0, 0.05) is 50.3 Å². The minimum absolute atomic E-state index is 0.101. The molecule has 1 saturated carbocycles. The van der Waals surface area contributed by atoms with E-state index in [9.17, 15) is 4.79 Å². The van der Waals surface area contributed by atoms with Crippen molar-refractivity contribution in [3.63, 3.8) is 0 Å². The molecule has 35 heavy (non-hydrogen) atoms. The topological polar surface area (TPSA) is 85.4 Å². The molecule has 1 aromatic carbocycles. The molecule has 3 heterocycles. The van der Waals surface area contributed by atoms with Gasteiger partial charge in [-0.05, 0) is 61.2 Å². The molecule has 0 unspecified atom stereocenters. The van der Waals surface area contributed by atoms with E-state index in [1.807, 2.05) is 43.5 Å². The first-order valence-electron chi connectivity index (χ1n) is 11.7. The average molecular weight is 489 g/mol. The molecule has 0 spiro atoms. The molecular weight excluding hydrogens is 460 g/mol. The van der Waals surface area contributed by atoms with Crippen LogP contribution in [0, 0.1) is 12.8 Å². The van der Waals surface area contributed by atoms with Gasteiger partial charge >= 0.3 is 0 Å². The zero-order valence-corrected chi connectivity index (χ0v) is 20.7. The average Bonchev–Trinajstić information content (AvgIpc) is 3.63. The van der Waals surface area contributed by atoms with Crippen LogP contribution in [0.3, 0.4) is 0 Å².